The smallest absolute Gasteiger partial charge is 0.249 e. The molecule has 0 fully saturated rings. The number of carbonyl (C=O) groups is 2. The van der Waals surface area contributed by atoms with E-state index in [-0.39, 0.29) is 11.8 Å². The van der Waals surface area contributed by atoms with Crippen LogP contribution in [-0.2, 0) is 29.1 Å². The third kappa shape index (κ3) is 4.58. The maximum absolute atomic E-state index is 13.4. The van der Waals surface area contributed by atoms with Gasteiger partial charge in [0, 0.05) is 18.7 Å². The summed E-state index contributed by atoms with van der Waals surface area (Å²) in [6, 6.07) is 23.9. The van der Waals surface area contributed by atoms with Gasteiger partial charge in [-0.05, 0) is 46.7 Å². The zero-order valence-corrected chi connectivity index (χ0v) is 18.4. The molecule has 4 rings (SSSR count). The van der Waals surface area contributed by atoms with E-state index in [1.54, 1.807) is 6.92 Å². The van der Waals surface area contributed by atoms with Crippen LogP contribution in [0.1, 0.15) is 36.5 Å². The Morgan fingerprint density at radius 1 is 1.03 bits per heavy atom. The summed E-state index contributed by atoms with van der Waals surface area (Å²) in [7, 11) is 0. The normalized spacial score (nSPS) is 15.8. The van der Waals surface area contributed by atoms with E-state index in [0.29, 0.717) is 25.9 Å². The van der Waals surface area contributed by atoms with E-state index in [1.807, 2.05) is 41.3 Å². The van der Waals surface area contributed by atoms with Crippen LogP contribution in [0, 0.1) is 0 Å². The van der Waals surface area contributed by atoms with E-state index in [2.05, 4.69) is 41.7 Å². The molecule has 3 aromatic rings. The van der Waals surface area contributed by atoms with Gasteiger partial charge in [0.1, 0.15) is 6.04 Å². The molecule has 1 aliphatic heterocycles. The number of amides is 2. The Hall–Kier alpha value is -3.44. The zero-order chi connectivity index (χ0) is 22.5. The number of nitrogens with two attached hydrogens (primary N) is 1. The second-order valence-corrected chi connectivity index (χ2v) is 8.12. The summed E-state index contributed by atoms with van der Waals surface area (Å²) in [5.41, 5.74) is 12.3. The number of anilines is 1. The molecule has 2 amide bonds. The lowest BCUT2D eigenvalue weighted by Crippen LogP contribution is -2.47. The topological polar surface area (TPSA) is 75.4 Å². The minimum atomic E-state index is -0.509. The quantitative estimate of drug-likeness (QED) is 0.619. The number of benzene rings is 3. The molecule has 0 bridgehead atoms. The van der Waals surface area contributed by atoms with Gasteiger partial charge in [0.2, 0.25) is 11.8 Å². The fourth-order valence-corrected chi connectivity index (χ4v) is 4.26. The van der Waals surface area contributed by atoms with Crippen molar-refractivity contribution in [3.05, 3.63) is 89.5 Å². The molecule has 0 unspecified atom stereocenters. The number of hydrogen-bond donors (Lipinski definition) is 2. The van der Waals surface area contributed by atoms with Crippen LogP contribution in [0.5, 0.6) is 0 Å². The SMILES string of the molecule is CCC(=O)N[C@@H]1CCc2ccccc2N(Cc2ccc(-c3ccccc3CN)cc2)C1=O. The van der Waals surface area contributed by atoms with Crippen molar-refractivity contribution < 1.29 is 9.59 Å². The van der Waals surface area contributed by atoms with E-state index in [1.165, 1.54) is 0 Å². The summed E-state index contributed by atoms with van der Waals surface area (Å²) in [4.78, 5) is 27.3. The van der Waals surface area contributed by atoms with Gasteiger partial charge < -0.3 is 16.0 Å². The number of aryl methyl sites for hydroxylation is 1. The summed E-state index contributed by atoms with van der Waals surface area (Å²) in [5, 5.41) is 2.91. The summed E-state index contributed by atoms with van der Waals surface area (Å²) >= 11 is 0. The lowest BCUT2D eigenvalue weighted by atomic mass is 9.98. The second-order valence-electron chi connectivity index (χ2n) is 8.12. The molecule has 0 spiro atoms. The molecule has 1 atom stereocenters. The molecule has 1 heterocycles. The number of fused-ring (bicyclic) bond motifs is 1. The first-order valence-electron chi connectivity index (χ1n) is 11.2. The lowest BCUT2D eigenvalue weighted by molar-refractivity contribution is -0.127. The maximum Gasteiger partial charge on any atom is 0.249 e. The van der Waals surface area contributed by atoms with E-state index >= 15 is 0 Å². The van der Waals surface area contributed by atoms with Crippen LogP contribution in [0.3, 0.4) is 0 Å². The fourth-order valence-electron chi connectivity index (χ4n) is 4.26. The Balaban J connectivity index is 1.62. The summed E-state index contributed by atoms with van der Waals surface area (Å²) < 4.78 is 0. The Labute approximate surface area is 189 Å². The standard InChI is InChI=1S/C27H29N3O2/c1-2-26(31)29-24-16-15-21-7-4-6-10-25(21)30(27(24)32)18-19-11-13-20(14-12-19)23-9-5-3-8-22(23)17-28/h3-14,24H,2,15-18,28H2,1H3,(H,29,31)/t24-/m1/s1. The van der Waals surface area contributed by atoms with Crippen LogP contribution in [0.25, 0.3) is 11.1 Å². The molecule has 0 aromatic heterocycles. The van der Waals surface area contributed by atoms with Crippen LogP contribution in [0.4, 0.5) is 5.69 Å². The van der Waals surface area contributed by atoms with Crippen LogP contribution in [-0.4, -0.2) is 17.9 Å². The number of hydrogen-bond acceptors (Lipinski definition) is 3. The molecule has 5 nitrogen and oxygen atoms in total. The number of nitrogens with zero attached hydrogens (tertiary/aromatic N) is 1. The number of rotatable bonds is 6. The molecule has 164 valence electrons. The Morgan fingerprint density at radius 3 is 2.50 bits per heavy atom. The minimum absolute atomic E-state index is 0.0608. The first-order chi connectivity index (χ1) is 15.6. The molecule has 0 saturated carbocycles. The highest BCUT2D eigenvalue weighted by atomic mass is 16.2. The highest BCUT2D eigenvalue weighted by Crippen LogP contribution is 2.29. The molecule has 0 saturated heterocycles. The lowest BCUT2D eigenvalue weighted by Gasteiger charge is -2.26. The van der Waals surface area contributed by atoms with Crippen LogP contribution < -0.4 is 16.0 Å². The average molecular weight is 428 g/mol. The third-order valence-electron chi connectivity index (χ3n) is 6.05. The largest absolute Gasteiger partial charge is 0.344 e. The maximum atomic E-state index is 13.4. The van der Waals surface area contributed by atoms with Crippen molar-refractivity contribution in [2.45, 2.75) is 45.3 Å². The van der Waals surface area contributed by atoms with Crippen LogP contribution in [0.15, 0.2) is 72.8 Å². The number of carbonyl (C=O) groups excluding carboxylic acids is 2. The van der Waals surface area contributed by atoms with E-state index in [9.17, 15) is 9.59 Å². The van der Waals surface area contributed by atoms with Gasteiger partial charge >= 0.3 is 0 Å². The molecule has 0 radical (unpaired) electrons. The second kappa shape index (κ2) is 9.79. The molecule has 3 aromatic carbocycles. The predicted molar refractivity (Wildman–Crippen MR) is 128 cm³/mol. The van der Waals surface area contributed by atoms with Crippen molar-refractivity contribution in [3.63, 3.8) is 0 Å². The monoisotopic (exact) mass is 427 g/mol. The Bertz CT molecular complexity index is 1110. The minimum Gasteiger partial charge on any atom is -0.344 e. The van der Waals surface area contributed by atoms with Gasteiger partial charge in [0.15, 0.2) is 0 Å². The van der Waals surface area contributed by atoms with Gasteiger partial charge in [0.05, 0.1) is 6.54 Å². The first-order valence-corrected chi connectivity index (χ1v) is 11.2. The predicted octanol–water partition coefficient (Wildman–Crippen LogP) is 4.19. The molecule has 32 heavy (non-hydrogen) atoms. The van der Waals surface area contributed by atoms with Gasteiger partial charge in [-0.25, -0.2) is 0 Å². The van der Waals surface area contributed by atoms with Crippen molar-refractivity contribution in [2.24, 2.45) is 5.73 Å². The molecule has 5 heteroatoms. The number of nitrogens with one attached hydrogen (secondary N) is 1. The van der Waals surface area contributed by atoms with Crippen molar-refractivity contribution in [1.82, 2.24) is 5.32 Å². The Morgan fingerprint density at radius 2 is 1.75 bits per heavy atom. The van der Waals surface area contributed by atoms with Crippen molar-refractivity contribution in [1.29, 1.82) is 0 Å². The molecular formula is C27H29N3O2. The van der Waals surface area contributed by atoms with E-state index in [0.717, 1.165) is 39.9 Å². The van der Waals surface area contributed by atoms with Gasteiger partial charge in [-0.1, -0.05) is 73.7 Å². The van der Waals surface area contributed by atoms with Gasteiger partial charge in [-0.15, -0.1) is 0 Å². The Kier molecular flexibility index (Phi) is 6.66. The van der Waals surface area contributed by atoms with E-state index < -0.39 is 6.04 Å². The summed E-state index contributed by atoms with van der Waals surface area (Å²) in [6.45, 7) is 2.74. The van der Waals surface area contributed by atoms with Gasteiger partial charge in [-0.3, -0.25) is 9.59 Å². The molecule has 0 aliphatic carbocycles. The van der Waals surface area contributed by atoms with Gasteiger partial charge in [0.25, 0.3) is 0 Å². The zero-order valence-electron chi connectivity index (χ0n) is 18.4. The van der Waals surface area contributed by atoms with E-state index in [4.69, 9.17) is 5.73 Å². The molecular weight excluding hydrogens is 398 g/mol. The molecule has 3 N–H and O–H groups in total. The number of para-hydroxylation sites is 1. The summed E-state index contributed by atoms with van der Waals surface area (Å²) in [5.74, 6) is -0.161. The van der Waals surface area contributed by atoms with Crippen LogP contribution in [0.2, 0.25) is 0 Å². The average Bonchev–Trinajstić information content (AvgIpc) is 2.96. The fraction of sp³-hybridized carbons (Fsp3) is 0.259. The van der Waals surface area contributed by atoms with Crippen molar-refractivity contribution >= 4 is 17.5 Å². The van der Waals surface area contributed by atoms with Crippen molar-refractivity contribution in [3.8, 4) is 11.1 Å². The highest BCUT2D eigenvalue weighted by Gasteiger charge is 2.31. The highest BCUT2D eigenvalue weighted by molar-refractivity contribution is 6.00. The first kappa shape index (κ1) is 21.8. The van der Waals surface area contributed by atoms with Crippen molar-refractivity contribution in [2.75, 3.05) is 4.90 Å². The third-order valence-corrected chi connectivity index (χ3v) is 6.05. The van der Waals surface area contributed by atoms with Crippen LogP contribution >= 0.6 is 0 Å². The molecule has 1 aliphatic rings. The van der Waals surface area contributed by atoms with Gasteiger partial charge in [-0.2, -0.15) is 0 Å². The summed E-state index contributed by atoms with van der Waals surface area (Å²) in [6.07, 6.45) is 1.72.